The van der Waals surface area contributed by atoms with Crippen molar-refractivity contribution in [2.24, 2.45) is 0 Å². The van der Waals surface area contributed by atoms with Crippen LogP contribution in [0.2, 0.25) is 26.2 Å². The molecule has 0 saturated carbocycles. The highest BCUT2D eigenvalue weighted by Gasteiger charge is 2.36. The Bertz CT molecular complexity index is 885. The summed E-state index contributed by atoms with van der Waals surface area (Å²) in [6, 6.07) is 15.7. The molecule has 31 heavy (non-hydrogen) atoms. The molecule has 0 aromatic heterocycles. The Morgan fingerprint density at radius 1 is 0.645 bits per heavy atom. The number of benzene rings is 2. The van der Waals surface area contributed by atoms with Crippen molar-refractivity contribution < 1.29 is 14.5 Å². The monoisotopic (exact) mass is 458 g/mol. The van der Waals surface area contributed by atoms with Gasteiger partial charge in [0.05, 0.1) is 22.5 Å². The van der Waals surface area contributed by atoms with Crippen molar-refractivity contribution in [3.05, 3.63) is 48.5 Å². The van der Waals surface area contributed by atoms with Crippen LogP contribution in [0.5, 0.6) is 0 Å². The van der Waals surface area contributed by atoms with Gasteiger partial charge in [-0.3, -0.25) is 0 Å². The summed E-state index contributed by atoms with van der Waals surface area (Å²) in [5.41, 5.74) is 0.343. The molecule has 2 radical (unpaired) electrons. The van der Waals surface area contributed by atoms with E-state index in [1.165, 1.54) is 0 Å². The zero-order valence-electron chi connectivity index (χ0n) is 20.7. The third kappa shape index (κ3) is 6.20. The van der Waals surface area contributed by atoms with Crippen LogP contribution in [0, 0.1) is 0 Å². The highest BCUT2D eigenvalue weighted by molar-refractivity contribution is 6.96. The molecule has 0 fully saturated rings. The lowest BCUT2D eigenvalue weighted by Crippen LogP contribution is -2.57. The molecule has 0 amide bonds. The minimum absolute atomic E-state index is 0.479. The van der Waals surface area contributed by atoms with Crippen molar-refractivity contribution in [3.8, 4) is 0 Å². The van der Waals surface area contributed by atoms with Gasteiger partial charge in [0, 0.05) is 0 Å². The molecule has 0 aliphatic rings. The Hall–Kier alpha value is -1.65. The van der Waals surface area contributed by atoms with Crippen molar-refractivity contribution in [2.45, 2.75) is 78.8 Å². The van der Waals surface area contributed by atoms with Crippen LogP contribution in [0.15, 0.2) is 48.5 Å². The molecule has 170 valence electrons. The van der Waals surface area contributed by atoms with E-state index in [0.717, 1.165) is 20.5 Å². The second kappa shape index (κ2) is 8.71. The molecule has 0 aliphatic heterocycles. The molecule has 0 bridgehead atoms. The molecule has 2 aromatic carbocycles. The van der Waals surface area contributed by atoms with Crippen LogP contribution < -0.4 is 20.5 Å². The van der Waals surface area contributed by atoms with E-state index in [0.29, 0.717) is 11.4 Å². The minimum atomic E-state index is -2.28. The normalized spacial score (nSPS) is 13.3. The maximum Gasteiger partial charge on any atom is 0.206 e. The zero-order valence-corrected chi connectivity index (χ0v) is 22.7. The number of hydroxylamine groups is 2. The van der Waals surface area contributed by atoms with E-state index in [-0.39, 0.29) is 0 Å². The lowest BCUT2D eigenvalue weighted by molar-refractivity contribution is 0.102. The first-order valence-electron chi connectivity index (χ1n) is 10.8. The van der Waals surface area contributed by atoms with Gasteiger partial charge in [-0.2, -0.15) is 0 Å². The van der Waals surface area contributed by atoms with Gasteiger partial charge in [-0.15, -0.1) is 0 Å². The van der Waals surface area contributed by atoms with E-state index >= 15 is 0 Å². The molecular formula is C24H38N2O3Si2. The SMILES string of the molecule is CC(C)(C)N([O])c1ccc([Si](C)(C)O[Si](C)(C)c2cccc(N([O])C(C)(C)C)c2)cc1. The highest BCUT2D eigenvalue weighted by Crippen LogP contribution is 2.24. The minimum Gasteiger partial charge on any atom is -0.449 e. The van der Waals surface area contributed by atoms with E-state index in [9.17, 15) is 10.4 Å². The molecule has 2 rings (SSSR count). The number of anilines is 2. The average molecular weight is 459 g/mol. The molecular weight excluding hydrogens is 420 g/mol. The average Bonchev–Trinajstić information content (AvgIpc) is 2.64. The Kier molecular flexibility index (Phi) is 7.20. The predicted octanol–water partition coefficient (Wildman–Crippen LogP) is 5.13. The Morgan fingerprint density at radius 2 is 1.10 bits per heavy atom. The molecule has 2 aromatic rings. The fraction of sp³-hybridized carbons (Fsp3) is 0.500. The van der Waals surface area contributed by atoms with E-state index < -0.39 is 27.7 Å². The maximum atomic E-state index is 12.7. The molecule has 0 spiro atoms. The third-order valence-electron chi connectivity index (χ3n) is 5.30. The lowest BCUT2D eigenvalue weighted by atomic mass is 10.1. The summed E-state index contributed by atoms with van der Waals surface area (Å²) >= 11 is 0. The maximum absolute atomic E-state index is 12.7. The first-order valence-corrected chi connectivity index (χ1v) is 16.6. The van der Waals surface area contributed by atoms with Gasteiger partial charge in [-0.05, 0) is 102 Å². The van der Waals surface area contributed by atoms with Gasteiger partial charge in [-0.1, -0.05) is 34.7 Å². The quantitative estimate of drug-likeness (QED) is 0.445. The van der Waals surface area contributed by atoms with Gasteiger partial charge in [0.2, 0.25) is 16.6 Å². The summed E-state index contributed by atoms with van der Waals surface area (Å²) in [7, 11) is -4.51. The molecule has 7 heteroatoms. The van der Waals surface area contributed by atoms with Crippen molar-refractivity contribution in [1.29, 1.82) is 0 Å². The third-order valence-corrected chi connectivity index (χ3v) is 12.8. The highest BCUT2D eigenvalue weighted by atomic mass is 28.4. The molecule has 0 N–H and O–H groups in total. The van der Waals surface area contributed by atoms with Crippen LogP contribution in [-0.2, 0) is 14.5 Å². The van der Waals surface area contributed by atoms with Gasteiger partial charge in [0.15, 0.2) is 0 Å². The van der Waals surface area contributed by atoms with E-state index in [1.807, 2.05) is 84.0 Å². The van der Waals surface area contributed by atoms with Crippen LogP contribution in [0.1, 0.15) is 41.5 Å². The summed E-state index contributed by atoms with van der Waals surface area (Å²) in [6.45, 7) is 20.2. The predicted molar refractivity (Wildman–Crippen MR) is 134 cm³/mol. The van der Waals surface area contributed by atoms with Gasteiger partial charge >= 0.3 is 0 Å². The fourth-order valence-electron chi connectivity index (χ4n) is 3.54. The summed E-state index contributed by atoms with van der Waals surface area (Å²) < 4.78 is 6.85. The molecule has 0 unspecified atom stereocenters. The van der Waals surface area contributed by atoms with Crippen molar-refractivity contribution in [1.82, 2.24) is 0 Å². The molecule has 0 aliphatic carbocycles. The van der Waals surface area contributed by atoms with Crippen LogP contribution in [0.4, 0.5) is 11.4 Å². The zero-order chi connectivity index (χ0) is 23.8. The van der Waals surface area contributed by atoms with Gasteiger partial charge in [0.1, 0.15) is 0 Å². The fourth-order valence-corrected chi connectivity index (χ4v) is 11.5. The van der Waals surface area contributed by atoms with Crippen LogP contribution in [0.3, 0.4) is 0 Å². The Balaban J connectivity index is 2.28. The van der Waals surface area contributed by atoms with Crippen molar-refractivity contribution >= 4 is 38.4 Å². The standard InChI is InChI=1S/C24H38N2O3Si2/c1-23(2,3)25(27)19-14-16-21(17-15-19)30(7,8)29-31(9,10)22-13-11-12-20(18-22)26(28)24(4,5)6/h11-18H,1-10H3. The molecule has 5 nitrogen and oxygen atoms in total. The molecule has 0 heterocycles. The summed E-state index contributed by atoms with van der Waals surface area (Å²) in [5.74, 6) is 0. The second-order valence-corrected chi connectivity index (χ2v) is 19.2. The first-order chi connectivity index (χ1) is 13.9. The van der Waals surface area contributed by atoms with Crippen LogP contribution in [0.25, 0.3) is 0 Å². The van der Waals surface area contributed by atoms with Crippen LogP contribution >= 0.6 is 0 Å². The van der Waals surface area contributed by atoms with Crippen molar-refractivity contribution in [2.75, 3.05) is 10.1 Å². The van der Waals surface area contributed by atoms with Gasteiger partial charge < -0.3 is 4.12 Å². The van der Waals surface area contributed by atoms with Gasteiger partial charge in [0.25, 0.3) is 0 Å². The Morgan fingerprint density at radius 3 is 1.58 bits per heavy atom. The van der Waals surface area contributed by atoms with E-state index in [1.54, 1.807) is 0 Å². The summed E-state index contributed by atoms with van der Waals surface area (Å²) in [4.78, 5) is 0. The topological polar surface area (TPSA) is 55.5 Å². The summed E-state index contributed by atoms with van der Waals surface area (Å²) in [6.07, 6.45) is 0. The van der Waals surface area contributed by atoms with Crippen molar-refractivity contribution in [3.63, 3.8) is 0 Å². The number of hydrogen-bond acceptors (Lipinski definition) is 3. The second-order valence-electron chi connectivity index (χ2n) is 11.2. The lowest BCUT2D eigenvalue weighted by Gasteiger charge is -2.36. The first kappa shape index (κ1) is 25.6. The van der Waals surface area contributed by atoms with Crippen LogP contribution in [-0.4, -0.2) is 27.7 Å². The van der Waals surface area contributed by atoms with Gasteiger partial charge in [-0.25, -0.2) is 10.1 Å². The van der Waals surface area contributed by atoms with E-state index in [4.69, 9.17) is 4.12 Å². The smallest absolute Gasteiger partial charge is 0.206 e. The largest absolute Gasteiger partial charge is 0.449 e. The number of nitrogens with zero attached hydrogens (tertiary/aromatic N) is 2. The number of rotatable bonds is 6. The van der Waals surface area contributed by atoms with E-state index in [2.05, 4.69) is 32.3 Å². The molecule has 0 atom stereocenters. The molecule has 0 saturated heterocycles. The summed E-state index contributed by atoms with van der Waals surface area (Å²) in [5, 5.41) is 29.5. The number of hydrogen-bond donors (Lipinski definition) is 0. The Labute approximate surface area is 190 Å².